The van der Waals surface area contributed by atoms with Crippen LogP contribution in [-0.2, 0) is 0 Å². The number of nitriles is 1. The van der Waals surface area contributed by atoms with Gasteiger partial charge in [0.15, 0.2) is 0 Å². The van der Waals surface area contributed by atoms with Crippen LogP contribution in [0, 0.1) is 16.7 Å². The van der Waals surface area contributed by atoms with Gasteiger partial charge in [0.2, 0.25) is 0 Å². The number of hydrogen-bond acceptors (Lipinski definition) is 2. The molecule has 2 nitrogen and oxygen atoms in total. The van der Waals surface area contributed by atoms with Crippen molar-refractivity contribution in [3.8, 4) is 22.9 Å². The van der Waals surface area contributed by atoms with Gasteiger partial charge in [-0.1, -0.05) is 36.4 Å². The maximum Gasteiger partial charge on any atom is 0.115 e. The number of benzene rings is 2. The second-order valence-corrected chi connectivity index (χ2v) is 6.62. The van der Waals surface area contributed by atoms with Crippen LogP contribution in [0.15, 0.2) is 48.5 Å². The molecule has 112 valence electrons. The molecule has 0 heterocycles. The first-order valence-electron chi connectivity index (χ1n) is 7.90. The quantitative estimate of drug-likeness (QED) is 0.821. The van der Waals surface area contributed by atoms with Crippen LogP contribution in [0.1, 0.15) is 44.1 Å². The summed E-state index contributed by atoms with van der Waals surface area (Å²) in [5.74, 6) is 0.874. The van der Waals surface area contributed by atoms with E-state index >= 15 is 0 Å². The minimum atomic E-state index is -0.123. The number of hydrogen-bond donors (Lipinski definition) is 1. The Kier molecular flexibility index (Phi) is 3.90. The highest BCUT2D eigenvalue weighted by Gasteiger charge is 2.31. The monoisotopic (exact) mass is 291 g/mol. The normalized spacial score (nSPS) is 24.6. The molecule has 1 aliphatic rings. The SMILES string of the molecule is CC1(C#N)CCC(c2ccc(-c3ccc(O)cc3)cc2)CC1. The highest BCUT2D eigenvalue weighted by Crippen LogP contribution is 2.42. The fourth-order valence-electron chi connectivity index (χ4n) is 3.30. The van der Waals surface area contributed by atoms with E-state index in [1.807, 2.05) is 12.1 Å². The first-order chi connectivity index (χ1) is 10.6. The smallest absolute Gasteiger partial charge is 0.115 e. The van der Waals surface area contributed by atoms with Gasteiger partial charge in [0.05, 0.1) is 11.5 Å². The average molecular weight is 291 g/mol. The van der Waals surface area contributed by atoms with Crippen molar-refractivity contribution in [2.75, 3.05) is 0 Å². The molecule has 1 aliphatic carbocycles. The van der Waals surface area contributed by atoms with Gasteiger partial charge in [0.1, 0.15) is 5.75 Å². The van der Waals surface area contributed by atoms with E-state index in [0.29, 0.717) is 11.7 Å². The maximum absolute atomic E-state index is 9.36. The zero-order valence-electron chi connectivity index (χ0n) is 12.9. The minimum Gasteiger partial charge on any atom is -0.508 e. The van der Waals surface area contributed by atoms with Gasteiger partial charge in [-0.15, -0.1) is 0 Å². The van der Waals surface area contributed by atoms with E-state index in [9.17, 15) is 10.4 Å². The van der Waals surface area contributed by atoms with Gasteiger partial charge in [-0.3, -0.25) is 0 Å². The van der Waals surface area contributed by atoms with Crippen LogP contribution in [0.3, 0.4) is 0 Å². The first-order valence-corrected chi connectivity index (χ1v) is 7.90. The Morgan fingerprint density at radius 3 is 1.95 bits per heavy atom. The van der Waals surface area contributed by atoms with E-state index in [1.165, 1.54) is 11.1 Å². The fraction of sp³-hybridized carbons (Fsp3) is 0.350. The molecule has 0 amide bonds. The molecule has 1 saturated carbocycles. The molecule has 0 spiro atoms. The first kappa shape index (κ1) is 14.7. The number of rotatable bonds is 2. The van der Waals surface area contributed by atoms with E-state index in [0.717, 1.165) is 31.2 Å². The molecule has 0 unspecified atom stereocenters. The molecule has 0 aliphatic heterocycles. The summed E-state index contributed by atoms with van der Waals surface area (Å²) in [6.45, 7) is 2.08. The molecule has 1 N–H and O–H groups in total. The van der Waals surface area contributed by atoms with Crippen LogP contribution in [0.25, 0.3) is 11.1 Å². The van der Waals surface area contributed by atoms with Crippen molar-refractivity contribution in [1.29, 1.82) is 5.26 Å². The Hall–Kier alpha value is -2.27. The minimum absolute atomic E-state index is 0.123. The fourth-order valence-corrected chi connectivity index (χ4v) is 3.30. The predicted molar refractivity (Wildman–Crippen MR) is 88.5 cm³/mol. The Bertz CT molecular complexity index is 671. The summed E-state index contributed by atoms with van der Waals surface area (Å²) < 4.78 is 0. The molecular weight excluding hydrogens is 270 g/mol. The molecule has 0 aromatic heterocycles. The zero-order chi connectivity index (χ0) is 15.6. The molecule has 2 aromatic carbocycles. The third-order valence-electron chi connectivity index (χ3n) is 4.94. The molecule has 3 rings (SSSR count). The van der Waals surface area contributed by atoms with E-state index in [2.05, 4.69) is 37.3 Å². The van der Waals surface area contributed by atoms with Crippen molar-refractivity contribution in [3.05, 3.63) is 54.1 Å². The van der Waals surface area contributed by atoms with Crippen molar-refractivity contribution in [1.82, 2.24) is 0 Å². The molecule has 22 heavy (non-hydrogen) atoms. The molecule has 0 bridgehead atoms. The molecule has 0 radical (unpaired) electrons. The van der Waals surface area contributed by atoms with E-state index in [4.69, 9.17) is 0 Å². The molecule has 0 saturated heterocycles. The van der Waals surface area contributed by atoms with Crippen molar-refractivity contribution >= 4 is 0 Å². The van der Waals surface area contributed by atoms with Crippen LogP contribution in [0.4, 0.5) is 0 Å². The standard InChI is InChI=1S/C20H21NO/c1-20(14-21)12-10-18(11-13-20)16-4-2-15(3-5-16)17-6-8-19(22)9-7-17/h2-9,18,22H,10-13H2,1H3. The molecule has 2 heteroatoms. The molecule has 1 fully saturated rings. The third kappa shape index (κ3) is 2.99. The number of nitrogens with zero attached hydrogens (tertiary/aromatic N) is 1. The maximum atomic E-state index is 9.36. The summed E-state index contributed by atoms with van der Waals surface area (Å²) in [6.07, 6.45) is 4.19. The molecule has 0 atom stereocenters. The largest absolute Gasteiger partial charge is 0.508 e. The predicted octanol–water partition coefficient (Wildman–Crippen LogP) is 5.25. The van der Waals surface area contributed by atoms with Gasteiger partial charge >= 0.3 is 0 Å². The Balaban J connectivity index is 1.73. The van der Waals surface area contributed by atoms with Crippen molar-refractivity contribution in [2.45, 2.75) is 38.5 Å². The van der Waals surface area contributed by atoms with Crippen molar-refractivity contribution < 1.29 is 5.11 Å². The lowest BCUT2D eigenvalue weighted by molar-refractivity contribution is 0.270. The van der Waals surface area contributed by atoms with Crippen LogP contribution >= 0.6 is 0 Å². The van der Waals surface area contributed by atoms with Crippen LogP contribution < -0.4 is 0 Å². The molecular formula is C20H21NO. The van der Waals surface area contributed by atoms with Gasteiger partial charge < -0.3 is 5.11 Å². The summed E-state index contributed by atoms with van der Waals surface area (Å²) in [5, 5.41) is 18.6. The summed E-state index contributed by atoms with van der Waals surface area (Å²) >= 11 is 0. The van der Waals surface area contributed by atoms with Gasteiger partial charge in [0, 0.05) is 0 Å². The number of phenolic OH excluding ortho intramolecular Hbond substituents is 1. The van der Waals surface area contributed by atoms with Gasteiger partial charge in [0.25, 0.3) is 0 Å². The van der Waals surface area contributed by atoms with Crippen LogP contribution in [0.5, 0.6) is 5.75 Å². The summed E-state index contributed by atoms with van der Waals surface area (Å²) in [6, 6.07) is 18.5. The molecule has 2 aromatic rings. The second kappa shape index (κ2) is 5.85. The van der Waals surface area contributed by atoms with Crippen LogP contribution in [-0.4, -0.2) is 5.11 Å². The van der Waals surface area contributed by atoms with E-state index in [1.54, 1.807) is 12.1 Å². The average Bonchev–Trinajstić information content (AvgIpc) is 2.57. The van der Waals surface area contributed by atoms with Crippen molar-refractivity contribution in [2.24, 2.45) is 5.41 Å². The lowest BCUT2D eigenvalue weighted by Crippen LogP contribution is -2.21. The Labute approximate surface area is 132 Å². The van der Waals surface area contributed by atoms with Crippen molar-refractivity contribution in [3.63, 3.8) is 0 Å². The summed E-state index contributed by atoms with van der Waals surface area (Å²) in [5.41, 5.74) is 3.54. The Morgan fingerprint density at radius 2 is 1.45 bits per heavy atom. The number of aromatic hydroxyl groups is 1. The summed E-state index contributed by atoms with van der Waals surface area (Å²) in [4.78, 5) is 0. The Morgan fingerprint density at radius 1 is 0.955 bits per heavy atom. The van der Waals surface area contributed by atoms with Gasteiger partial charge in [-0.2, -0.15) is 5.26 Å². The van der Waals surface area contributed by atoms with Gasteiger partial charge in [-0.05, 0) is 67.3 Å². The van der Waals surface area contributed by atoms with Crippen LogP contribution in [0.2, 0.25) is 0 Å². The topological polar surface area (TPSA) is 44.0 Å². The van der Waals surface area contributed by atoms with E-state index < -0.39 is 0 Å². The number of phenols is 1. The van der Waals surface area contributed by atoms with E-state index in [-0.39, 0.29) is 5.41 Å². The van der Waals surface area contributed by atoms with Gasteiger partial charge in [-0.25, -0.2) is 0 Å². The summed E-state index contributed by atoms with van der Waals surface area (Å²) in [7, 11) is 0. The third-order valence-corrected chi connectivity index (χ3v) is 4.94. The zero-order valence-corrected chi connectivity index (χ0v) is 12.9. The highest BCUT2D eigenvalue weighted by atomic mass is 16.3. The lowest BCUT2D eigenvalue weighted by atomic mass is 9.71. The lowest BCUT2D eigenvalue weighted by Gasteiger charge is -2.32. The highest BCUT2D eigenvalue weighted by molar-refractivity contribution is 5.64. The second-order valence-electron chi connectivity index (χ2n) is 6.62.